The number of amides is 1. The number of anilines is 6. The summed E-state index contributed by atoms with van der Waals surface area (Å²) in [5.41, 5.74) is 4.51. The summed E-state index contributed by atoms with van der Waals surface area (Å²) >= 11 is 12.4. The fraction of sp³-hybridized carbons (Fsp3) is 0.314. The SMILES string of the molecule is O=C(C(=O)C(F)(F)F)C(F)(F)F.O=C(CC1CCN(c2cccc(Cl)n2)CC1)Nc1ccc2cc1CCc1cncc(c1)Nc1ncc(Cl)c(n1)N2.O=CC(F)(F)F. The first-order chi connectivity index (χ1) is 27.1. The zero-order valence-electron chi connectivity index (χ0n) is 29.4. The molecule has 23 heteroatoms. The van der Waals surface area contributed by atoms with E-state index in [-0.39, 0.29) is 5.91 Å². The third kappa shape index (κ3) is 13.8. The lowest BCUT2D eigenvalue weighted by Gasteiger charge is -2.32. The number of aryl methyl sites for hydroxylation is 2. The smallest absolute Gasteiger partial charge is 0.357 e. The maximum atomic E-state index is 13.2. The molecule has 2 aliphatic rings. The maximum Gasteiger partial charge on any atom is 0.458 e. The van der Waals surface area contributed by atoms with E-state index in [1.807, 2.05) is 42.6 Å². The second-order valence-electron chi connectivity index (χ2n) is 12.4. The number of alkyl halides is 9. The summed E-state index contributed by atoms with van der Waals surface area (Å²) in [5, 5.41) is 10.6. The standard InChI is InChI=1S/C29H28Cl2N8O.C4F6O2.C2HF3O/c30-23-17-33-29-35-22-12-19(15-32-16-22)4-5-20-14-21(34-28(23)38-29)6-7-24(20)36-27(40)13-18-8-10-39(11-9-18)26-3-1-2-25(31)37-26;5-3(6,7)1(11)2(12)4(8,9)10;3-2(4,5)1-6/h1-3,6-7,12,14-18H,4-5,8-11,13H2,(H,36,40)(H2,33,34,35,38);;1H. The van der Waals surface area contributed by atoms with Crippen LogP contribution in [0.25, 0.3) is 0 Å². The van der Waals surface area contributed by atoms with E-state index < -0.39 is 36.4 Å². The van der Waals surface area contributed by atoms with Crippen molar-refractivity contribution >= 4 is 81.6 Å². The summed E-state index contributed by atoms with van der Waals surface area (Å²) < 4.78 is 98.2. The normalized spacial score (nSPS) is 14.2. The zero-order chi connectivity index (χ0) is 42.8. The van der Waals surface area contributed by atoms with Gasteiger partial charge in [0.05, 0.1) is 18.1 Å². The van der Waals surface area contributed by atoms with Crippen molar-refractivity contribution in [2.45, 2.75) is 50.6 Å². The molecule has 0 unspecified atom stereocenters. The predicted octanol–water partition coefficient (Wildman–Crippen LogP) is 8.40. The van der Waals surface area contributed by atoms with E-state index in [1.54, 1.807) is 18.5 Å². The van der Waals surface area contributed by atoms with Crippen LogP contribution in [0, 0.1) is 5.92 Å². The average Bonchev–Trinajstić information content (AvgIpc) is 3.15. The van der Waals surface area contributed by atoms with Gasteiger partial charge in [0.1, 0.15) is 16.0 Å². The van der Waals surface area contributed by atoms with Gasteiger partial charge in [-0.15, -0.1) is 0 Å². The van der Waals surface area contributed by atoms with Crippen molar-refractivity contribution in [1.82, 2.24) is 19.9 Å². The van der Waals surface area contributed by atoms with Gasteiger partial charge in [0.25, 0.3) is 0 Å². The minimum absolute atomic E-state index is 0.0237. The summed E-state index contributed by atoms with van der Waals surface area (Å²) in [6.07, 6.45) is -8.29. The number of rotatable bonds is 5. The molecule has 0 radical (unpaired) electrons. The van der Waals surface area contributed by atoms with E-state index in [4.69, 9.17) is 28.0 Å². The molecule has 6 bridgehead atoms. The molecule has 3 aromatic heterocycles. The number of ketones is 2. The molecule has 58 heavy (non-hydrogen) atoms. The molecule has 0 atom stereocenters. The van der Waals surface area contributed by atoms with E-state index >= 15 is 0 Å². The first-order valence-electron chi connectivity index (χ1n) is 16.7. The number of hydrogen-bond acceptors (Lipinski definition) is 11. The van der Waals surface area contributed by atoms with E-state index in [0.717, 1.165) is 72.8 Å². The Labute approximate surface area is 332 Å². The highest BCUT2D eigenvalue weighted by Gasteiger charge is 2.54. The van der Waals surface area contributed by atoms with Crippen LogP contribution in [0.5, 0.6) is 0 Å². The predicted molar refractivity (Wildman–Crippen MR) is 193 cm³/mol. The topological polar surface area (TPSA) is 159 Å². The van der Waals surface area contributed by atoms with Crippen LogP contribution < -0.4 is 20.9 Å². The Kier molecular flexibility index (Phi) is 15.0. The second-order valence-corrected chi connectivity index (χ2v) is 13.2. The summed E-state index contributed by atoms with van der Waals surface area (Å²) in [5.74, 6) is -4.68. The number of pyridine rings is 2. The van der Waals surface area contributed by atoms with E-state index in [1.165, 1.54) is 0 Å². The Hall–Kier alpha value is -5.57. The number of halogens is 11. The number of aldehydes is 1. The lowest BCUT2D eigenvalue weighted by molar-refractivity contribution is -0.193. The van der Waals surface area contributed by atoms with E-state index in [0.29, 0.717) is 34.3 Å². The van der Waals surface area contributed by atoms with E-state index in [9.17, 15) is 53.9 Å². The molecule has 12 nitrogen and oxygen atoms in total. The van der Waals surface area contributed by atoms with Gasteiger partial charge < -0.3 is 20.9 Å². The second kappa shape index (κ2) is 19.2. The van der Waals surface area contributed by atoms with Gasteiger partial charge >= 0.3 is 30.1 Å². The summed E-state index contributed by atoms with van der Waals surface area (Å²) in [4.78, 5) is 60.9. The van der Waals surface area contributed by atoms with Crippen LogP contribution in [-0.4, -0.2) is 75.3 Å². The Balaban J connectivity index is 0.000000346. The molecule has 6 rings (SSSR count). The third-order valence-electron chi connectivity index (χ3n) is 8.09. The van der Waals surface area contributed by atoms with Gasteiger partial charge in [0, 0.05) is 37.1 Å². The Bertz CT molecular complexity index is 2090. The number of fused-ring (bicyclic) bond motifs is 6. The molecule has 0 spiro atoms. The zero-order valence-corrected chi connectivity index (χ0v) is 30.9. The van der Waals surface area contributed by atoms with E-state index in [2.05, 4.69) is 40.8 Å². The van der Waals surface area contributed by atoms with Crippen LogP contribution >= 0.6 is 23.2 Å². The Morgan fingerprint density at radius 2 is 1.48 bits per heavy atom. The minimum atomic E-state index is -5.77. The van der Waals surface area contributed by atoms with Crippen LogP contribution in [0.1, 0.15) is 30.4 Å². The molecule has 0 aliphatic carbocycles. The number of carbonyl (C=O) groups is 4. The maximum absolute atomic E-state index is 13.2. The highest BCUT2D eigenvalue weighted by atomic mass is 35.5. The number of carbonyl (C=O) groups excluding carboxylic acids is 4. The molecular weight excluding hydrogens is 838 g/mol. The van der Waals surface area contributed by atoms with Gasteiger partial charge in [0.15, 0.2) is 5.82 Å². The van der Waals surface area contributed by atoms with Crippen LogP contribution in [0.3, 0.4) is 0 Å². The largest absolute Gasteiger partial charge is 0.458 e. The highest BCUT2D eigenvalue weighted by Crippen LogP contribution is 2.31. The number of aromatic nitrogens is 4. The third-order valence-corrected chi connectivity index (χ3v) is 8.58. The van der Waals surface area contributed by atoms with Gasteiger partial charge in [-0.05, 0) is 79.1 Å². The molecular formula is C35H29Cl2F9N8O4. The molecule has 1 fully saturated rings. The Morgan fingerprint density at radius 3 is 2.09 bits per heavy atom. The van der Waals surface area contributed by atoms with Crippen molar-refractivity contribution in [3.8, 4) is 0 Å². The molecule has 3 N–H and O–H groups in total. The first kappa shape index (κ1) is 45.1. The number of benzene rings is 1. The van der Waals surface area contributed by atoms with Gasteiger partial charge in [0.2, 0.25) is 18.1 Å². The number of piperidine rings is 1. The van der Waals surface area contributed by atoms with Crippen molar-refractivity contribution in [2.24, 2.45) is 5.92 Å². The number of hydrogen-bond donors (Lipinski definition) is 3. The molecule has 1 amide bonds. The summed E-state index contributed by atoms with van der Waals surface area (Å²) in [6, 6.07) is 13.6. The number of nitrogens with zero attached hydrogens (tertiary/aromatic N) is 5. The van der Waals surface area contributed by atoms with Crippen LogP contribution in [0.15, 0.2) is 61.1 Å². The molecule has 5 heterocycles. The van der Waals surface area contributed by atoms with Crippen molar-refractivity contribution in [2.75, 3.05) is 33.9 Å². The van der Waals surface area contributed by atoms with Crippen LogP contribution in [0.4, 0.5) is 74.2 Å². The summed E-state index contributed by atoms with van der Waals surface area (Å²) in [6.45, 7) is 1.71. The minimum Gasteiger partial charge on any atom is -0.357 e. The van der Waals surface area contributed by atoms with Gasteiger partial charge in [-0.1, -0.05) is 29.3 Å². The van der Waals surface area contributed by atoms with Gasteiger partial charge in [-0.2, -0.15) is 44.5 Å². The highest BCUT2D eigenvalue weighted by molar-refractivity contribution is 6.41. The first-order valence-corrected chi connectivity index (χ1v) is 17.4. The van der Waals surface area contributed by atoms with Gasteiger partial charge in [-0.3, -0.25) is 24.2 Å². The lowest BCUT2D eigenvalue weighted by atomic mass is 9.93. The Morgan fingerprint density at radius 1 is 0.828 bits per heavy atom. The van der Waals surface area contributed by atoms with Crippen molar-refractivity contribution in [3.63, 3.8) is 0 Å². The molecule has 1 saturated heterocycles. The van der Waals surface area contributed by atoms with Gasteiger partial charge in [-0.25, -0.2) is 9.97 Å². The van der Waals surface area contributed by atoms with Crippen LogP contribution in [-0.2, 0) is 32.0 Å². The van der Waals surface area contributed by atoms with Crippen molar-refractivity contribution < 1.29 is 58.7 Å². The summed E-state index contributed by atoms with van der Waals surface area (Å²) in [7, 11) is 0. The van der Waals surface area contributed by atoms with Crippen molar-refractivity contribution in [1.29, 1.82) is 0 Å². The molecule has 310 valence electrons. The fourth-order valence-corrected chi connectivity index (χ4v) is 5.71. The quantitative estimate of drug-likeness (QED) is 0.0766. The molecule has 1 aromatic carbocycles. The molecule has 0 saturated carbocycles. The van der Waals surface area contributed by atoms with Crippen molar-refractivity contribution in [3.05, 3.63) is 82.4 Å². The number of Topliss-reactive ketones (excluding diaryl/α,β-unsaturated/α-hetero) is 2. The average molecular weight is 868 g/mol. The monoisotopic (exact) mass is 866 g/mol. The molecule has 4 aromatic rings. The molecule has 2 aliphatic heterocycles. The lowest BCUT2D eigenvalue weighted by Crippen LogP contribution is -2.39. The van der Waals surface area contributed by atoms with Crippen LogP contribution in [0.2, 0.25) is 10.2 Å². The fourth-order valence-electron chi connectivity index (χ4n) is 5.41. The number of nitrogens with one attached hydrogen (secondary N) is 3.